The van der Waals surface area contributed by atoms with Gasteiger partial charge in [0.1, 0.15) is 5.75 Å². The van der Waals surface area contributed by atoms with Gasteiger partial charge in [-0.1, -0.05) is 25.0 Å². The molecule has 1 heterocycles. The number of benzene rings is 1. The number of hydrogen-bond donors (Lipinski definition) is 2. The molecule has 0 radical (unpaired) electrons. The van der Waals surface area contributed by atoms with Crippen molar-refractivity contribution < 1.29 is 14.8 Å². The van der Waals surface area contributed by atoms with Crippen LogP contribution in [0.25, 0.3) is 0 Å². The molecule has 1 saturated heterocycles. The van der Waals surface area contributed by atoms with Crippen LogP contribution in [0.5, 0.6) is 5.75 Å². The predicted molar refractivity (Wildman–Crippen MR) is 81.2 cm³/mol. The molecule has 1 unspecified atom stereocenters. The SMILES string of the molecule is COc1ccc(CN2CCCCCC2C)cc1B(O)O. The van der Waals surface area contributed by atoms with Crippen molar-refractivity contribution in [2.75, 3.05) is 13.7 Å². The molecule has 2 N–H and O–H groups in total. The number of likely N-dealkylation sites (tertiary alicyclic amines) is 1. The molecule has 0 aliphatic carbocycles. The van der Waals surface area contributed by atoms with Crippen molar-refractivity contribution in [2.45, 2.75) is 45.2 Å². The van der Waals surface area contributed by atoms with E-state index in [4.69, 9.17) is 4.74 Å². The first-order chi connectivity index (χ1) is 9.61. The van der Waals surface area contributed by atoms with Gasteiger partial charge in [0.25, 0.3) is 0 Å². The summed E-state index contributed by atoms with van der Waals surface area (Å²) in [5, 5.41) is 18.8. The van der Waals surface area contributed by atoms with E-state index in [0.717, 1.165) is 18.7 Å². The molecule has 1 aromatic rings. The molecule has 5 heteroatoms. The summed E-state index contributed by atoms with van der Waals surface area (Å²) in [6.45, 7) is 4.24. The zero-order chi connectivity index (χ0) is 14.5. The van der Waals surface area contributed by atoms with Crippen molar-refractivity contribution in [1.29, 1.82) is 0 Å². The third-order valence-corrected chi connectivity index (χ3v) is 4.15. The monoisotopic (exact) mass is 277 g/mol. The molecule has 0 spiro atoms. The van der Waals surface area contributed by atoms with E-state index in [9.17, 15) is 10.0 Å². The molecule has 1 atom stereocenters. The zero-order valence-corrected chi connectivity index (χ0v) is 12.4. The second kappa shape index (κ2) is 7.11. The summed E-state index contributed by atoms with van der Waals surface area (Å²) >= 11 is 0. The number of methoxy groups -OCH3 is 1. The quantitative estimate of drug-likeness (QED) is 0.810. The Bertz CT molecular complexity index is 439. The van der Waals surface area contributed by atoms with Gasteiger partial charge in [-0.05, 0) is 37.9 Å². The molecular formula is C15H24BNO3. The lowest BCUT2D eigenvalue weighted by Gasteiger charge is -2.27. The Morgan fingerprint density at radius 2 is 2.10 bits per heavy atom. The van der Waals surface area contributed by atoms with E-state index in [2.05, 4.69) is 11.8 Å². The Morgan fingerprint density at radius 1 is 1.30 bits per heavy atom. The van der Waals surface area contributed by atoms with Crippen LogP contribution in [0.1, 0.15) is 38.2 Å². The molecule has 2 rings (SSSR count). The van der Waals surface area contributed by atoms with Crippen LogP contribution in [0.3, 0.4) is 0 Å². The Balaban J connectivity index is 2.14. The first kappa shape index (κ1) is 15.4. The average molecular weight is 277 g/mol. The molecule has 0 saturated carbocycles. The fourth-order valence-corrected chi connectivity index (χ4v) is 2.89. The smallest absolute Gasteiger partial charge is 0.492 e. The summed E-state index contributed by atoms with van der Waals surface area (Å²) < 4.78 is 5.16. The summed E-state index contributed by atoms with van der Waals surface area (Å²) in [5.74, 6) is 0.521. The van der Waals surface area contributed by atoms with Crippen LogP contribution < -0.4 is 10.2 Å². The Labute approximate surface area is 121 Å². The predicted octanol–water partition coefficient (Wildman–Crippen LogP) is 1.14. The van der Waals surface area contributed by atoms with Gasteiger partial charge in [0.2, 0.25) is 0 Å². The zero-order valence-electron chi connectivity index (χ0n) is 12.4. The second-order valence-electron chi connectivity index (χ2n) is 5.62. The average Bonchev–Trinajstić information content (AvgIpc) is 2.64. The molecule has 1 aliphatic rings. The topological polar surface area (TPSA) is 52.9 Å². The minimum Gasteiger partial charge on any atom is -0.497 e. The molecular weight excluding hydrogens is 253 g/mol. The lowest BCUT2D eigenvalue weighted by atomic mass is 9.78. The highest BCUT2D eigenvalue weighted by Crippen LogP contribution is 2.19. The molecule has 110 valence electrons. The van der Waals surface area contributed by atoms with Crippen molar-refractivity contribution in [1.82, 2.24) is 4.90 Å². The summed E-state index contributed by atoms with van der Waals surface area (Å²) in [6.07, 6.45) is 5.10. The van der Waals surface area contributed by atoms with Crippen molar-refractivity contribution >= 4 is 12.6 Å². The molecule has 0 aromatic heterocycles. The summed E-state index contributed by atoms with van der Waals surface area (Å²) in [4.78, 5) is 2.47. The van der Waals surface area contributed by atoms with Crippen LogP contribution in [-0.4, -0.2) is 41.8 Å². The van der Waals surface area contributed by atoms with Gasteiger partial charge in [0, 0.05) is 18.0 Å². The highest BCUT2D eigenvalue weighted by Gasteiger charge is 2.20. The van der Waals surface area contributed by atoms with Gasteiger partial charge in [-0.2, -0.15) is 0 Å². The number of hydrogen-bond acceptors (Lipinski definition) is 4. The van der Waals surface area contributed by atoms with Crippen LogP contribution >= 0.6 is 0 Å². The first-order valence-electron chi connectivity index (χ1n) is 7.39. The second-order valence-corrected chi connectivity index (χ2v) is 5.62. The molecule has 0 amide bonds. The van der Waals surface area contributed by atoms with Gasteiger partial charge >= 0.3 is 7.12 Å². The highest BCUT2D eigenvalue weighted by atomic mass is 16.5. The number of ether oxygens (including phenoxy) is 1. The van der Waals surface area contributed by atoms with Crippen molar-refractivity contribution in [3.63, 3.8) is 0 Å². The molecule has 0 bridgehead atoms. The van der Waals surface area contributed by atoms with Gasteiger partial charge in [-0.15, -0.1) is 0 Å². The van der Waals surface area contributed by atoms with E-state index < -0.39 is 7.12 Å². The van der Waals surface area contributed by atoms with Crippen LogP contribution in [0.15, 0.2) is 18.2 Å². The first-order valence-corrected chi connectivity index (χ1v) is 7.39. The largest absolute Gasteiger partial charge is 0.497 e. The summed E-state index contributed by atoms with van der Waals surface area (Å²) in [7, 11) is 0.0454. The van der Waals surface area contributed by atoms with E-state index in [-0.39, 0.29) is 0 Å². The third kappa shape index (κ3) is 3.75. The van der Waals surface area contributed by atoms with E-state index in [1.165, 1.54) is 32.8 Å². The van der Waals surface area contributed by atoms with Crippen LogP contribution in [0.4, 0.5) is 0 Å². The highest BCUT2D eigenvalue weighted by molar-refractivity contribution is 6.59. The van der Waals surface area contributed by atoms with E-state index in [1.807, 2.05) is 18.2 Å². The van der Waals surface area contributed by atoms with Gasteiger partial charge in [0.15, 0.2) is 0 Å². The van der Waals surface area contributed by atoms with Crippen LogP contribution in [0, 0.1) is 0 Å². The Kier molecular flexibility index (Phi) is 5.46. The number of nitrogens with zero attached hydrogens (tertiary/aromatic N) is 1. The van der Waals surface area contributed by atoms with Crippen molar-refractivity contribution in [3.05, 3.63) is 23.8 Å². The van der Waals surface area contributed by atoms with Gasteiger partial charge in [-0.3, -0.25) is 4.90 Å². The summed E-state index contributed by atoms with van der Waals surface area (Å²) in [5.41, 5.74) is 1.54. The van der Waals surface area contributed by atoms with E-state index >= 15 is 0 Å². The standard InChI is InChI=1S/C15H24BNO3/c1-12-6-4-3-5-9-17(12)11-13-7-8-15(20-2)14(10-13)16(18)19/h7-8,10,12,18-19H,3-6,9,11H2,1-2H3. The lowest BCUT2D eigenvalue weighted by Crippen LogP contribution is -2.34. The molecule has 1 aromatic carbocycles. The maximum absolute atomic E-state index is 9.42. The Hall–Kier alpha value is -1.04. The molecule has 1 fully saturated rings. The van der Waals surface area contributed by atoms with E-state index in [0.29, 0.717) is 17.3 Å². The normalized spacial score (nSPS) is 20.5. The molecule has 4 nitrogen and oxygen atoms in total. The fourth-order valence-electron chi connectivity index (χ4n) is 2.89. The number of rotatable bonds is 4. The maximum atomic E-state index is 9.42. The van der Waals surface area contributed by atoms with Gasteiger partial charge in [-0.25, -0.2) is 0 Å². The van der Waals surface area contributed by atoms with Gasteiger partial charge in [0.05, 0.1) is 7.11 Å². The van der Waals surface area contributed by atoms with Crippen LogP contribution in [-0.2, 0) is 6.54 Å². The fraction of sp³-hybridized carbons (Fsp3) is 0.600. The molecule has 20 heavy (non-hydrogen) atoms. The molecule has 1 aliphatic heterocycles. The third-order valence-electron chi connectivity index (χ3n) is 4.15. The van der Waals surface area contributed by atoms with Crippen molar-refractivity contribution in [2.24, 2.45) is 0 Å². The Morgan fingerprint density at radius 3 is 2.80 bits per heavy atom. The van der Waals surface area contributed by atoms with Gasteiger partial charge < -0.3 is 14.8 Å². The summed E-state index contributed by atoms with van der Waals surface area (Å²) in [6, 6.07) is 6.23. The lowest BCUT2D eigenvalue weighted by molar-refractivity contribution is 0.205. The van der Waals surface area contributed by atoms with Crippen molar-refractivity contribution in [3.8, 4) is 5.75 Å². The minimum atomic E-state index is -1.49. The van der Waals surface area contributed by atoms with E-state index in [1.54, 1.807) is 0 Å². The van der Waals surface area contributed by atoms with Crippen LogP contribution in [0.2, 0.25) is 0 Å². The minimum absolute atomic E-state index is 0.437. The maximum Gasteiger partial charge on any atom is 0.492 e.